The lowest BCUT2D eigenvalue weighted by Crippen LogP contribution is -2.24. The van der Waals surface area contributed by atoms with Gasteiger partial charge >= 0.3 is 5.97 Å². The monoisotopic (exact) mass is 406 g/mol. The van der Waals surface area contributed by atoms with Gasteiger partial charge in [-0.3, -0.25) is 4.99 Å². The second-order valence-corrected chi connectivity index (χ2v) is 7.03. The van der Waals surface area contributed by atoms with Gasteiger partial charge in [0.2, 0.25) is 0 Å². The number of aliphatic imine (C=N–C) groups is 1. The molecule has 0 fully saturated rings. The van der Waals surface area contributed by atoms with Crippen LogP contribution >= 0.6 is 0 Å². The molecule has 0 aliphatic rings. The molecule has 2 heterocycles. The molecule has 0 amide bonds. The van der Waals surface area contributed by atoms with Gasteiger partial charge in [-0.1, -0.05) is 0 Å². The zero-order chi connectivity index (χ0) is 21.4. The van der Waals surface area contributed by atoms with Crippen LogP contribution in [0.3, 0.4) is 0 Å². The second kappa shape index (κ2) is 10.8. The summed E-state index contributed by atoms with van der Waals surface area (Å²) in [6.07, 6.45) is 4.85. The summed E-state index contributed by atoms with van der Waals surface area (Å²) in [5.74, 6) is 0.00373. The van der Waals surface area contributed by atoms with Gasteiger partial charge in [-0.25, -0.2) is 19.7 Å². The third-order valence-electron chi connectivity index (χ3n) is 4.16. The lowest BCUT2D eigenvalue weighted by Gasteiger charge is -2.16. The van der Waals surface area contributed by atoms with Gasteiger partial charge in [-0.05, 0) is 27.7 Å². The molecule has 2 aromatic heterocycles. The summed E-state index contributed by atoms with van der Waals surface area (Å²) in [6.45, 7) is 8.32. The molecule has 2 aromatic rings. The van der Waals surface area contributed by atoms with Crippen LogP contribution in [0.2, 0.25) is 0 Å². The molecular weight excluding hydrogens is 376 g/mol. The van der Waals surface area contributed by atoms with Gasteiger partial charge in [-0.15, -0.1) is 0 Å². The van der Waals surface area contributed by atoms with Gasteiger partial charge in [0, 0.05) is 26.4 Å². The van der Waals surface area contributed by atoms with E-state index in [-0.39, 0.29) is 24.3 Å². The summed E-state index contributed by atoms with van der Waals surface area (Å²) in [4.78, 5) is 28.4. The Kier molecular flexibility index (Phi) is 8.47. The lowest BCUT2D eigenvalue weighted by molar-refractivity contribution is -0.148. The minimum absolute atomic E-state index is 0.0713. The van der Waals surface area contributed by atoms with E-state index in [9.17, 15) is 4.79 Å². The maximum absolute atomic E-state index is 11.8. The van der Waals surface area contributed by atoms with Crippen LogP contribution < -0.4 is 5.73 Å². The molecule has 2 N–H and O–H groups in total. The molecule has 0 radical (unpaired) electrons. The predicted octanol–water partition coefficient (Wildman–Crippen LogP) is 1.63. The van der Waals surface area contributed by atoms with Gasteiger partial charge in [0.1, 0.15) is 17.9 Å². The Bertz CT molecular complexity index is 822. The molecule has 0 saturated carbocycles. The van der Waals surface area contributed by atoms with Crippen molar-refractivity contribution in [3.63, 3.8) is 0 Å². The maximum atomic E-state index is 11.8. The predicted molar refractivity (Wildman–Crippen MR) is 110 cm³/mol. The van der Waals surface area contributed by atoms with Gasteiger partial charge in [-0.2, -0.15) is 0 Å². The molecule has 3 unspecified atom stereocenters. The number of nitrogen functional groups attached to an aromatic ring is 1. The van der Waals surface area contributed by atoms with Gasteiger partial charge < -0.3 is 24.5 Å². The largest absolute Gasteiger partial charge is 0.461 e. The molecule has 0 aliphatic carbocycles. The highest BCUT2D eigenvalue weighted by Crippen LogP contribution is 2.15. The normalized spacial score (nSPS) is 15.1. The number of imidazole rings is 1. The van der Waals surface area contributed by atoms with Crippen molar-refractivity contribution in [1.82, 2.24) is 19.5 Å². The number of ether oxygens (including phenoxy) is 3. The van der Waals surface area contributed by atoms with Crippen molar-refractivity contribution >= 4 is 29.2 Å². The lowest BCUT2D eigenvalue weighted by atomic mass is 10.2. The van der Waals surface area contributed by atoms with E-state index in [0.29, 0.717) is 36.6 Å². The summed E-state index contributed by atoms with van der Waals surface area (Å²) < 4.78 is 18.3. The van der Waals surface area contributed by atoms with E-state index < -0.39 is 6.04 Å². The molecule has 10 nitrogen and oxygen atoms in total. The number of methoxy groups -OCH3 is 1. The third-order valence-corrected chi connectivity index (χ3v) is 4.16. The highest BCUT2D eigenvalue weighted by atomic mass is 16.5. The molecule has 0 aliphatic heterocycles. The fourth-order valence-corrected chi connectivity index (χ4v) is 2.62. The molecule has 2 rings (SSSR count). The Morgan fingerprint density at radius 3 is 2.72 bits per heavy atom. The number of carbonyl (C=O) groups excluding carboxylic acids is 1. The standard InChI is InChI=1S/C19H30N6O4/c1-12(2)29-19(26)14(4)21-8-15(27-5)6-7-28-13(3)9-25-11-24-16-17(20)22-10-23-18(16)25/h8,10-15H,6-7,9H2,1-5H3,(H2,20,22,23). The number of nitrogens with zero attached hydrogens (tertiary/aromatic N) is 5. The topological polar surface area (TPSA) is 127 Å². The van der Waals surface area contributed by atoms with E-state index in [2.05, 4.69) is 19.9 Å². The highest BCUT2D eigenvalue weighted by molar-refractivity contribution is 5.81. The molecule has 10 heteroatoms. The summed E-state index contributed by atoms with van der Waals surface area (Å²) in [5, 5.41) is 0. The van der Waals surface area contributed by atoms with Crippen LogP contribution in [0, 0.1) is 0 Å². The van der Waals surface area contributed by atoms with Crippen LogP contribution in [0.5, 0.6) is 0 Å². The van der Waals surface area contributed by atoms with Crippen LogP contribution in [0.4, 0.5) is 5.82 Å². The number of hydrogen-bond donors (Lipinski definition) is 1. The summed E-state index contributed by atoms with van der Waals surface area (Å²) in [5.41, 5.74) is 7.07. The van der Waals surface area contributed by atoms with Gasteiger partial charge in [0.05, 0.1) is 31.2 Å². The number of anilines is 1. The van der Waals surface area contributed by atoms with Crippen molar-refractivity contribution < 1.29 is 19.0 Å². The summed E-state index contributed by atoms with van der Waals surface area (Å²) >= 11 is 0. The number of fused-ring (bicyclic) bond motifs is 1. The number of hydrogen-bond acceptors (Lipinski definition) is 9. The molecule has 29 heavy (non-hydrogen) atoms. The Hall–Kier alpha value is -2.59. The highest BCUT2D eigenvalue weighted by Gasteiger charge is 2.15. The summed E-state index contributed by atoms with van der Waals surface area (Å²) in [6, 6.07) is -0.571. The molecule has 0 bridgehead atoms. The molecule has 0 spiro atoms. The fraction of sp³-hybridized carbons (Fsp3) is 0.632. The zero-order valence-electron chi connectivity index (χ0n) is 17.6. The van der Waals surface area contributed by atoms with Crippen LogP contribution in [-0.2, 0) is 25.5 Å². The van der Waals surface area contributed by atoms with Crippen LogP contribution in [0.25, 0.3) is 11.2 Å². The Morgan fingerprint density at radius 2 is 2.03 bits per heavy atom. The number of rotatable bonds is 11. The number of nitrogens with two attached hydrogens (primary N) is 1. The molecule has 0 aromatic carbocycles. The SMILES string of the molecule is COC(C=NC(C)C(=O)OC(C)C)CCOC(C)Cn1cnc2c(N)ncnc21. The van der Waals surface area contributed by atoms with Crippen molar-refractivity contribution in [2.45, 2.75) is 65.0 Å². The van der Waals surface area contributed by atoms with Crippen LogP contribution in [0.15, 0.2) is 17.6 Å². The van der Waals surface area contributed by atoms with E-state index in [4.69, 9.17) is 19.9 Å². The first-order valence-corrected chi connectivity index (χ1v) is 9.61. The Balaban J connectivity index is 1.80. The Labute approximate surface area is 170 Å². The Morgan fingerprint density at radius 1 is 1.28 bits per heavy atom. The van der Waals surface area contributed by atoms with E-state index in [1.54, 1.807) is 40.4 Å². The van der Waals surface area contributed by atoms with Crippen molar-refractivity contribution in [2.75, 3.05) is 19.5 Å². The number of carbonyl (C=O) groups is 1. The van der Waals surface area contributed by atoms with E-state index in [0.717, 1.165) is 0 Å². The van der Waals surface area contributed by atoms with Crippen molar-refractivity contribution in [3.8, 4) is 0 Å². The summed E-state index contributed by atoms with van der Waals surface area (Å²) in [7, 11) is 1.60. The first kappa shape index (κ1) is 22.7. The van der Waals surface area contributed by atoms with Crippen molar-refractivity contribution in [2.24, 2.45) is 4.99 Å². The van der Waals surface area contributed by atoms with E-state index in [1.165, 1.54) is 6.33 Å². The van der Waals surface area contributed by atoms with E-state index in [1.807, 2.05) is 11.5 Å². The minimum Gasteiger partial charge on any atom is -0.461 e. The quantitative estimate of drug-likeness (QED) is 0.441. The number of esters is 1. The molecule has 0 saturated heterocycles. The maximum Gasteiger partial charge on any atom is 0.330 e. The second-order valence-electron chi connectivity index (χ2n) is 7.03. The van der Waals surface area contributed by atoms with Crippen molar-refractivity contribution in [1.29, 1.82) is 0 Å². The smallest absolute Gasteiger partial charge is 0.330 e. The van der Waals surface area contributed by atoms with Crippen LogP contribution in [-0.4, -0.2) is 69.8 Å². The third kappa shape index (κ3) is 6.75. The first-order valence-electron chi connectivity index (χ1n) is 9.61. The van der Waals surface area contributed by atoms with Gasteiger partial charge in [0.15, 0.2) is 11.5 Å². The van der Waals surface area contributed by atoms with Crippen molar-refractivity contribution in [3.05, 3.63) is 12.7 Å². The van der Waals surface area contributed by atoms with Gasteiger partial charge in [0.25, 0.3) is 0 Å². The fourth-order valence-electron chi connectivity index (χ4n) is 2.62. The van der Waals surface area contributed by atoms with E-state index >= 15 is 0 Å². The molecule has 160 valence electrons. The molecular formula is C19H30N6O4. The minimum atomic E-state index is -0.571. The van der Waals surface area contributed by atoms with Crippen LogP contribution in [0.1, 0.15) is 34.1 Å². The average Bonchev–Trinajstić information content (AvgIpc) is 3.07. The number of aromatic nitrogens is 4. The first-order chi connectivity index (χ1) is 13.8. The average molecular weight is 406 g/mol. The molecule has 3 atom stereocenters. The zero-order valence-corrected chi connectivity index (χ0v) is 17.6.